The number of sulfonamides is 1. The van der Waals surface area contributed by atoms with Gasteiger partial charge in [-0.2, -0.15) is 0 Å². The lowest BCUT2D eigenvalue weighted by Gasteiger charge is -2.01. The van der Waals surface area contributed by atoms with Gasteiger partial charge in [-0.1, -0.05) is 29.3 Å². The van der Waals surface area contributed by atoms with E-state index in [2.05, 4.69) is 0 Å². The number of rotatable bonds is 3. The Kier molecular flexibility index (Phi) is 4.56. The van der Waals surface area contributed by atoms with E-state index in [4.69, 9.17) is 28.6 Å². The molecule has 7 heteroatoms. The topological polar surface area (TPSA) is 70.0 Å². The highest BCUT2D eigenvalue weighted by Crippen LogP contribution is 2.22. The van der Waals surface area contributed by atoms with E-state index in [-0.39, 0.29) is 5.84 Å². The monoisotopic (exact) mass is 292 g/mol. The number of halogens is 2. The summed E-state index contributed by atoms with van der Waals surface area (Å²) in [5.41, 5.74) is 0.532. The van der Waals surface area contributed by atoms with Crippen LogP contribution in [0.15, 0.2) is 23.6 Å². The second kappa shape index (κ2) is 5.53. The zero-order chi connectivity index (χ0) is 13.1. The molecule has 0 aliphatic rings. The quantitative estimate of drug-likeness (QED) is 0.664. The van der Waals surface area contributed by atoms with E-state index in [0.717, 1.165) is 5.41 Å². The van der Waals surface area contributed by atoms with Crippen molar-refractivity contribution in [2.24, 2.45) is 0 Å². The predicted molar refractivity (Wildman–Crippen MR) is 71.0 cm³/mol. The SMILES string of the molecule is CC(=N)NS(=O)(=O)C=Cc1ccc(Cl)cc1Cl. The lowest BCUT2D eigenvalue weighted by atomic mass is 10.2. The van der Waals surface area contributed by atoms with Crippen LogP contribution in [0, 0.1) is 5.41 Å². The molecular weight excluding hydrogens is 283 g/mol. The molecule has 0 spiro atoms. The zero-order valence-electron chi connectivity index (χ0n) is 8.87. The van der Waals surface area contributed by atoms with Crippen LogP contribution in [-0.4, -0.2) is 14.3 Å². The largest absolute Gasteiger partial charge is 0.288 e. The molecule has 0 aromatic heterocycles. The van der Waals surface area contributed by atoms with Crippen LogP contribution < -0.4 is 4.72 Å². The molecule has 1 rings (SSSR count). The molecule has 4 nitrogen and oxygen atoms in total. The van der Waals surface area contributed by atoms with E-state index in [1.165, 1.54) is 19.1 Å². The van der Waals surface area contributed by atoms with Crippen molar-refractivity contribution in [3.63, 3.8) is 0 Å². The molecule has 92 valence electrons. The summed E-state index contributed by atoms with van der Waals surface area (Å²) in [5, 5.41) is 8.81. The fourth-order valence-electron chi connectivity index (χ4n) is 1.05. The Labute approximate surface area is 110 Å². The minimum Gasteiger partial charge on any atom is -0.288 e. The molecule has 1 aromatic rings. The summed E-state index contributed by atoms with van der Waals surface area (Å²) in [7, 11) is -3.65. The molecule has 0 radical (unpaired) electrons. The molecule has 0 aliphatic heterocycles. The van der Waals surface area contributed by atoms with Crippen molar-refractivity contribution >= 4 is 45.1 Å². The molecule has 0 unspecified atom stereocenters. The molecule has 0 bridgehead atoms. The molecule has 0 aliphatic carbocycles. The van der Waals surface area contributed by atoms with Crippen LogP contribution >= 0.6 is 23.2 Å². The average Bonchev–Trinajstić information content (AvgIpc) is 2.14. The van der Waals surface area contributed by atoms with Crippen molar-refractivity contribution in [2.75, 3.05) is 0 Å². The van der Waals surface area contributed by atoms with Gasteiger partial charge in [0.1, 0.15) is 5.84 Å². The van der Waals surface area contributed by atoms with Crippen molar-refractivity contribution in [3.8, 4) is 0 Å². The van der Waals surface area contributed by atoms with Crippen LogP contribution in [0.25, 0.3) is 6.08 Å². The minimum atomic E-state index is -3.65. The van der Waals surface area contributed by atoms with Crippen LogP contribution in [0.3, 0.4) is 0 Å². The van der Waals surface area contributed by atoms with Crippen LogP contribution in [0.1, 0.15) is 12.5 Å². The van der Waals surface area contributed by atoms with E-state index in [1.807, 2.05) is 4.72 Å². The number of hydrogen-bond acceptors (Lipinski definition) is 3. The van der Waals surface area contributed by atoms with E-state index in [9.17, 15) is 8.42 Å². The van der Waals surface area contributed by atoms with Crippen molar-refractivity contribution in [1.82, 2.24) is 4.72 Å². The van der Waals surface area contributed by atoms with Gasteiger partial charge in [-0.3, -0.25) is 10.1 Å². The lowest BCUT2D eigenvalue weighted by Crippen LogP contribution is -2.25. The van der Waals surface area contributed by atoms with Crippen LogP contribution in [0.5, 0.6) is 0 Å². The van der Waals surface area contributed by atoms with Gasteiger partial charge >= 0.3 is 0 Å². The normalized spacial score (nSPS) is 11.7. The minimum absolute atomic E-state index is 0.156. The van der Waals surface area contributed by atoms with Gasteiger partial charge < -0.3 is 0 Å². The second-order valence-electron chi connectivity index (χ2n) is 3.24. The van der Waals surface area contributed by atoms with Gasteiger partial charge in [0.05, 0.1) is 5.41 Å². The third-order valence-corrected chi connectivity index (χ3v) is 3.33. The molecule has 17 heavy (non-hydrogen) atoms. The highest BCUT2D eigenvalue weighted by atomic mass is 35.5. The van der Waals surface area contributed by atoms with Gasteiger partial charge in [0, 0.05) is 10.0 Å². The van der Waals surface area contributed by atoms with E-state index < -0.39 is 10.0 Å². The first-order valence-electron chi connectivity index (χ1n) is 4.51. The fourth-order valence-corrected chi connectivity index (χ4v) is 2.34. The van der Waals surface area contributed by atoms with Gasteiger partial charge in [0.25, 0.3) is 10.0 Å². The fraction of sp³-hybridized carbons (Fsp3) is 0.100. The standard InChI is InChI=1S/C10H10Cl2N2O2S/c1-7(13)14-17(15,16)5-4-8-2-3-9(11)6-10(8)12/h2-6H,1H3,(H2,13,14). The number of benzene rings is 1. The van der Waals surface area contributed by atoms with Crippen molar-refractivity contribution in [2.45, 2.75) is 6.92 Å². The van der Waals surface area contributed by atoms with Gasteiger partial charge in [0.2, 0.25) is 0 Å². The van der Waals surface area contributed by atoms with E-state index >= 15 is 0 Å². The van der Waals surface area contributed by atoms with Crippen molar-refractivity contribution in [3.05, 3.63) is 39.2 Å². The summed E-state index contributed by atoms with van der Waals surface area (Å²) < 4.78 is 24.8. The Morgan fingerprint density at radius 3 is 2.59 bits per heavy atom. The molecule has 0 saturated heterocycles. The van der Waals surface area contributed by atoms with E-state index in [0.29, 0.717) is 15.6 Å². The zero-order valence-corrected chi connectivity index (χ0v) is 11.2. The Balaban J connectivity index is 2.94. The van der Waals surface area contributed by atoms with Gasteiger partial charge in [0.15, 0.2) is 0 Å². The molecular formula is C10H10Cl2N2O2S. The smallest absolute Gasteiger partial charge is 0.255 e. The van der Waals surface area contributed by atoms with Crippen molar-refractivity contribution < 1.29 is 8.42 Å². The Morgan fingerprint density at radius 1 is 1.41 bits per heavy atom. The van der Waals surface area contributed by atoms with Crippen molar-refractivity contribution in [1.29, 1.82) is 5.41 Å². The number of nitrogens with one attached hydrogen (secondary N) is 2. The maximum atomic E-state index is 11.4. The first kappa shape index (κ1) is 14.0. The van der Waals surface area contributed by atoms with Gasteiger partial charge in [-0.25, -0.2) is 8.42 Å². The Hall–Kier alpha value is -1.04. The van der Waals surface area contributed by atoms with Crippen LogP contribution in [0.4, 0.5) is 0 Å². The number of amidine groups is 1. The summed E-state index contributed by atoms with van der Waals surface area (Å²) in [4.78, 5) is 0. The highest BCUT2D eigenvalue weighted by molar-refractivity contribution is 7.93. The Bertz CT molecular complexity index is 568. The van der Waals surface area contributed by atoms with Crippen LogP contribution in [0.2, 0.25) is 10.0 Å². The molecule has 0 heterocycles. The maximum absolute atomic E-state index is 11.4. The lowest BCUT2D eigenvalue weighted by molar-refractivity contribution is 0.601. The maximum Gasteiger partial charge on any atom is 0.255 e. The summed E-state index contributed by atoms with van der Waals surface area (Å²) in [6.07, 6.45) is 1.34. The first-order chi connectivity index (χ1) is 7.80. The third-order valence-electron chi connectivity index (χ3n) is 1.68. The average molecular weight is 293 g/mol. The second-order valence-corrected chi connectivity index (χ2v) is 5.65. The highest BCUT2D eigenvalue weighted by Gasteiger charge is 2.05. The van der Waals surface area contributed by atoms with Crippen LogP contribution in [-0.2, 0) is 10.0 Å². The van der Waals surface area contributed by atoms with Gasteiger partial charge in [-0.05, 0) is 30.7 Å². The summed E-state index contributed by atoms with van der Waals surface area (Å²) in [6.45, 7) is 1.33. The number of hydrogen-bond donors (Lipinski definition) is 2. The molecule has 1 aromatic carbocycles. The third kappa shape index (κ3) is 4.77. The molecule has 0 amide bonds. The summed E-state index contributed by atoms with van der Waals surface area (Å²) in [6, 6.07) is 4.73. The predicted octanol–water partition coefficient (Wildman–Crippen LogP) is 2.88. The molecule has 0 saturated carbocycles. The van der Waals surface area contributed by atoms with E-state index in [1.54, 1.807) is 12.1 Å². The molecule has 0 atom stereocenters. The molecule has 2 N–H and O–H groups in total. The van der Waals surface area contributed by atoms with Gasteiger partial charge in [-0.15, -0.1) is 0 Å². The first-order valence-corrected chi connectivity index (χ1v) is 6.81. The summed E-state index contributed by atoms with van der Waals surface area (Å²) >= 11 is 11.6. The summed E-state index contributed by atoms with van der Waals surface area (Å²) in [5.74, 6) is -0.156. The Morgan fingerprint density at radius 2 is 2.06 bits per heavy atom. The molecule has 0 fully saturated rings.